The van der Waals surface area contributed by atoms with E-state index < -0.39 is 28.9 Å². The molecule has 4 aliphatic rings. The van der Waals surface area contributed by atoms with E-state index in [-0.39, 0.29) is 16.9 Å². The van der Waals surface area contributed by atoms with Crippen LogP contribution in [0.5, 0.6) is 5.88 Å². The summed E-state index contributed by atoms with van der Waals surface area (Å²) in [6.07, 6.45) is 1.82. The fourth-order valence-corrected chi connectivity index (χ4v) is 6.22. The van der Waals surface area contributed by atoms with Crippen molar-refractivity contribution < 1.29 is 22.7 Å². The van der Waals surface area contributed by atoms with Crippen molar-refractivity contribution in [3.63, 3.8) is 0 Å². The van der Waals surface area contributed by atoms with E-state index >= 15 is 0 Å². The van der Waals surface area contributed by atoms with Gasteiger partial charge in [-0.3, -0.25) is 9.69 Å². The van der Waals surface area contributed by atoms with Crippen molar-refractivity contribution in [1.29, 1.82) is 5.26 Å². The third kappa shape index (κ3) is 3.44. The number of ether oxygens (including phenoxy) is 1. The lowest BCUT2D eigenvalue weighted by Crippen LogP contribution is -2.55. The summed E-state index contributed by atoms with van der Waals surface area (Å²) in [6.45, 7) is 0.941. The zero-order valence-corrected chi connectivity index (χ0v) is 19.8. The topological polar surface area (TPSA) is 94.4 Å². The first-order valence-electron chi connectivity index (χ1n) is 11.7. The Morgan fingerprint density at radius 2 is 1.97 bits per heavy atom. The minimum Gasteiger partial charge on any atom is -0.474 e. The van der Waals surface area contributed by atoms with Crippen LogP contribution in [0.4, 0.5) is 24.5 Å². The van der Waals surface area contributed by atoms with Gasteiger partial charge in [-0.1, -0.05) is 0 Å². The minimum absolute atomic E-state index is 0.0500. The van der Waals surface area contributed by atoms with E-state index in [2.05, 4.69) is 15.3 Å². The van der Waals surface area contributed by atoms with Crippen LogP contribution >= 0.6 is 12.2 Å². The number of nitriles is 1. The second-order valence-electron chi connectivity index (χ2n) is 9.69. The van der Waals surface area contributed by atoms with Gasteiger partial charge >= 0.3 is 6.18 Å². The van der Waals surface area contributed by atoms with Crippen LogP contribution < -0.4 is 19.9 Å². The molecule has 2 aliphatic heterocycles. The first-order valence-corrected chi connectivity index (χ1v) is 12.1. The van der Waals surface area contributed by atoms with Gasteiger partial charge in [0.15, 0.2) is 10.8 Å². The number of hydrogen-bond donors (Lipinski definition) is 1. The van der Waals surface area contributed by atoms with Crippen LogP contribution in [0.25, 0.3) is 0 Å². The van der Waals surface area contributed by atoms with Gasteiger partial charge in [0.25, 0.3) is 5.91 Å². The number of amides is 1. The van der Waals surface area contributed by atoms with E-state index in [1.807, 2.05) is 0 Å². The monoisotopic (exact) mass is 514 g/mol. The average molecular weight is 515 g/mol. The summed E-state index contributed by atoms with van der Waals surface area (Å²) < 4.78 is 46.7. The minimum atomic E-state index is -4.80. The molecule has 8 nitrogen and oxygen atoms in total. The van der Waals surface area contributed by atoms with Crippen molar-refractivity contribution in [3.8, 4) is 11.9 Å². The molecule has 6 rings (SSSR count). The molecule has 0 aromatic carbocycles. The summed E-state index contributed by atoms with van der Waals surface area (Å²) >= 11 is 5.63. The normalized spacial score (nSPS) is 26.4. The Hall–Kier alpha value is -3.30. The summed E-state index contributed by atoms with van der Waals surface area (Å²) in [5.74, 6) is 0.543. The molecule has 1 spiro atoms. The van der Waals surface area contributed by atoms with E-state index in [0.717, 1.165) is 43.0 Å². The molecular weight excluding hydrogens is 493 g/mol. The maximum atomic E-state index is 13.6. The summed E-state index contributed by atoms with van der Waals surface area (Å²) in [6, 6.07) is 6.21. The van der Waals surface area contributed by atoms with Crippen LogP contribution in [0.15, 0.2) is 30.6 Å². The molecule has 12 heteroatoms. The molecule has 36 heavy (non-hydrogen) atoms. The second-order valence-corrected chi connectivity index (χ2v) is 10.1. The lowest BCUT2D eigenvalue weighted by molar-refractivity contribution is -0.138. The smallest absolute Gasteiger partial charge is 0.419 e. The van der Waals surface area contributed by atoms with Crippen molar-refractivity contribution in [3.05, 3.63) is 41.9 Å². The Morgan fingerprint density at radius 3 is 2.53 bits per heavy atom. The molecule has 2 aliphatic carbocycles. The summed E-state index contributed by atoms with van der Waals surface area (Å²) in [7, 11) is 0. The molecule has 4 fully saturated rings. The molecular formula is C24H21F3N6O2S. The summed E-state index contributed by atoms with van der Waals surface area (Å²) in [5.41, 5.74) is -2.51. The van der Waals surface area contributed by atoms with E-state index in [1.165, 1.54) is 6.07 Å². The number of carbonyl (C=O) groups excluding carboxylic acids is 1. The molecule has 4 heterocycles. The predicted octanol–water partition coefficient (Wildman–Crippen LogP) is 3.56. The van der Waals surface area contributed by atoms with Crippen molar-refractivity contribution >= 4 is 34.6 Å². The number of piperidine rings is 1. The van der Waals surface area contributed by atoms with Crippen LogP contribution in [0, 0.1) is 17.2 Å². The van der Waals surface area contributed by atoms with Crippen molar-refractivity contribution in [2.24, 2.45) is 5.92 Å². The molecule has 1 unspecified atom stereocenters. The van der Waals surface area contributed by atoms with E-state index in [1.54, 1.807) is 23.2 Å². The maximum Gasteiger partial charge on any atom is 0.419 e. The van der Waals surface area contributed by atoms with Gasteiger partial charge in [-0.15, -0.1) is 0 Å². The van der Waals surface area contributed by atoms with Crippen molar-refractivity contribution in [2.75, 3.05) is 16.3 Å². The van der Waals surface area contributed by atoms with E-state index in [0.29, 0.717) is 36.4 Å². The third-order valence-corrected chi connectivity index (χ3v) is 8.05. The highest BCUT2D eigenvalue weighted by molar-refractivity contribution is 7.81. The molecule has 186 valence electrons. The number of carbonyl (C=O) groups is 1. The Morgan fingerprint density at radius 1 is 1.19 bits per heavy atom. The predicted molar refractivity (Wildman–Crippen MR) is 126 cm³/mol. The highest BCUT2D eigenvalue weighted by atomic mass is 32.1. The number of thiocarbonyl (C=S) groups is 1. The molecule has 1 N–H and O–H groups in total. The molecule has 1 amide bonds. The Labute approximate surface area is 210 Å². The Balaban J connectivity index is 1.30. The van der Waals surface area contributed by atoms with Crippen LogP contribution in [0.1, 0.15) is 43.4 Å². The number of rotatable bonds is 4. The van der Waals surface area contributed by atoms with Gasteiger partial charge in [-0.05, 0) is 56.5 Å². The standard InChI is InChI=1S/C24H21F3N6O2S/c25-24(26,27)17-8-16(12-30-18(17)9-28)32-21(34)23(4-1-5-23)33(22(32)36)15-2-3-20(31-11-15)35-19-7-14-6-13(19)10-29-14/h2-3,8,11-14,19,29H,1,4-7,10H2/t13-,14+,19?/m0/s1. The fourth-order valence-electron chi connectivity index (χ4n) is 5.75. The number of aromatic nitrogens is 2. The zero-order valence-electron chi connectivity index (χ0n) is 19.0. The van der Waals surface area contributed by atoms with Gasteiger partial charge < -0.3 is 15.0 Å². The number of nitrogens with one attached hydrogen (secondary N) is 1. The van der Waals surface area contributed by atoms with Gasteiger partial charge in [0.1, 0.15) is 17.7 Å². The summed E-state index contributed by atoms with van der Waals surface area (Å²) in [4.78, 5) is 24.4. The zero-order chi connectivity index (χ0) is 25.2. The Kier molecular flexibility index (Phi) is 5.21. The van der Waals surface area contributed by atoms with Crippen LogP contribution in [0.3, 0.4) is 0 Å². The number of nitrogens with zero attached hydrogens (tertiary/aromatic N) is 5. The SMILES string of the molecule is N#Cc1ncc(N2C(=O)C3(CCC3)N(c3ccc(OC4C[C@H]5C[C@H]4CN5)nc3)C2=S)cc1C(F)(F)F. The van der Waals surface area contributed by atoms with Crippen LogP contribution in [0.2, 0.25) is 0 Å². The highest BCUT2D eigenvalue weighted by Crippen LogP contribution is 2.48. The van der Waals surface area contributed by atoms with Gasteiger partial charge in [0, 0.05) is 24.6 Å². The third-order valence-electron chi connectivity index (χ3n) is 7.68. The Bertz CT molecular complexity index is 1290. The average Bonchev–Trinajstić information content (AvgIpc) is 3.50. The molecule has 2 saturated carbocycles. The molecule has 2 aromatic rings. The largest absolute Gasteiger partial charge is 0.474 e. The van der Waals surface area contributed by atoms with E-state index in [9.17, 15) is 18.0 Å². The first kappa shape index (κ1) is 23.1. The quantitative estimate of drug-likeness (QED) is 0.620. The second kappa shape index (κ2) is 8.11. The van der Waals surface area contributed by atoms with Crippen LogP contribution in [-0.2, 0) is 11.0 Å². The highest BCUT2D eigenvalue weighted by Gasteiger charge is 2.60. The number of anilines is 2. The van der Waals surface area contributed by atoms with Gasteiger partial charge in [-0.2, -0.15) is 18.4 Å². The molecule has 2 saturated heterocycles. The number of hydrogen-bond acceptors (Lipinski definition) is 7. The summed E-state index contributed by atoms with van der Waals surface area (Å²) in [5, 5.41) is 12.6. The fraction of sp³-hybridized carbons (Fsp3) is 0.458. The van der Waals surface area contributed by atoms with Crippen molar-refractivity contribution in [2.45, 2.75) is 56.0 Å². The van der Waals surface area contributed by atoms with Gasteiger partial charge in [0.05, 0.1) is 29.3 Å². The lowest BCUT2D eigenvalue weighted by Gasteiger charge is -2.42. The maximum absolute atomic E-state index is 13.6. The van der Waals surface area contributed by atoms with Crippen molar-refractivity contribution in [1.82, 2.24) is 15.3 Å². The number of halogens is 3. The number of pyridine rings is 2. The lowest BCUT2D eigenvalue weighted by atomic mass is 9.75. The molecule has 2 aromatic heterocycles. The molecule has 2 bridgehead atoms. The van der Waals surface area contributed by atoms with Crippen LogP contribution in [-0.4, -0.2) is 45.2 Å². The molecule has 3 atom stereocenters. The number of fused-ring (bicyclic) bond motifs is 2. The molecule has 0 radical (unpaired) electrons. The van der Waals surface area contributed by atoms with Gasteiger partial charge in [0.2, 0.25) is 5.88 Å². The number of alkyl halides is 3. The first-order chi connectivity index (χ1) is 17.2. The van der Waals surface area contributed by atoms with E-state index in [4.69, 9.17) is 22.2 Å². The van der Waals surface area contributed by atoms with Gasteiger partial charge in [-0.25, -0.2) is 9.97 Å².